The molecule has 106 valence electrons. The number of nitrogens with zero attached hydrogens (tertiary/aromatic N) is 2. The van der Waals surface area contributed by atoms with E-state index < -0.39 is 0 Å². The molecular weight excluding hydrogens is 244 g/mol. The minimum Gasteiger partial charge on any atom is -0.479 e. The third-order valence-corrected chi connectivity index (χ3v) is 3.82. The number of anilines is 2. The van der Waals surface area contributed by atoms with E-state index in [1.54, 1.807) is 0 Å². The number of methoxy groups -OCH3 is 1. The van der Waals surface area contributed by atoms with Crippen LogP contribution in [0.2, 0.25) is 0 Å². The molecule has 19 heavy (non-hydrogen) atoms. The Morgan fingerprint density at radius 2 is 2.37 bits per heavy atom. The first kappa shape index (κ1) is 13.9. The Hall–Kier alpha value is -1.56. The second kappa shape index (κ2) is 5.61. The smallest absolute Gasteiger partial charge is 0.242 e. The number of rotatable bonds is 4. The van der Waals surface area contributed by atoms with E-state index in [0.717, 1.165) is 19.3 Å². The van der Waals surface area contributed by atoms with E-state index in [1.807, 2.05) is 0 Å². The van der Waals surface area contributed by atoms with Gasteiger partial charge in [-0.2, -0.15) is 4.98 Å². The molecule has 2 unspecified atom stereocenters. The fourth-order valence-corrected chi connectivity index (χ4v) is 2.85. The van der Waals surface area contributed by atoms with Crippen LogP contribution in [-0.2, 0) is 0 Å². The van der Waals surface area contributed by atoms with E-state index in [4.69, 9.17) is 10.5 Å². The average molecular weight is 266 g/mol. The highest BCUT2D eigenvalue weighted by atomic mass is 16.5. The summed E-state index contributed by atoms with van der Waals surface area (Å²) in [5.41, 5.74) is 6.01. The van der Waals surface area contributed by atoms with Gasteiger partial charge in [-0.15, -0.1) is 0 Å². The zero-order valence-corrected chi connectivity index (χ0v) is 11.5. The second-order valence-corrected chi connectivity index (χ2v) is 5.41. The standard InChI is InChI=1S/C13H22N4O2/c1-9-4-3-5-13(6-9,7-18)17-11-10(14)12(19-2)16-8-15-11/h8-9,18H,3-7,14H2,1-2H3,(H,15,16,17). The topological polar surface area (TPSA) is 93.3 Å². The van der Waals surface area contributed by atoms with Gasteiger partial charge in [0.05, 0.1) is 19.3 Å². The number of nitrogen functional groups attached to an aromatic ring is 1. The van der Waals surface area contributed by atoms with Crippen LogP contribution in [0.3, 0.4) is 0 Å². The number of nitrogens with two attached hydrogens (primary N) is 1. The molecule has 1 fully saturated rings. The molecule has 0 aliphatic heterocycles. The SMILES string of the molecule is COc1ncnc(NC2(CO)CCCC(C)C2)c1N. The lowest BCUT2D eigenvalue weighted by molar-refractivity contribution is 0.149. The van der Waals surface area contributed by atoms with Crippen molar-refractivity contribution in [3.8, 4) is 5.88 Å². The number of hydrogen-bond donors (Lipinski definition) is 3. The Labute approximate surface area is 113 Å². The number of aliphatic hydroxyl groups is 1. The predicted octanol–water partition coefficient (Wildman–Crippen LogP) is 1.42. The number of aromatic nitrogens is 2. The first-order chi connectivity index (χ1) is 9.10. The van der Waals surface area contributed by atoms with Crippen LogP contribution in [0.15, 0.2) is 6.33 Å². The highest BCUT2D eigenvalue weighted by Crippen LogP contribution is 2.36. The molecule has 0 aromatic carbocycles. The number of nitrogens with one attached hydrogen (secondary N) is 1. The van der Waals surface area contributed by atoms with Crippen molar-refractivity contribution in [2.45, 2.75) is 38.1 Å². The zero-order valence-electron chi connectivity index (χ0n) is 11.5. The van der Waals surface area contributed by atoms with Gasteiger partial charge in [-0.1, -0.05) is 19.8 Å². The Morgan fingerprint density at radius 3 is 3.00 bits per heavy atom. The van der Waals surface area contributed by atoms with Crippen LogP contribution in [-0.4, -0.2) is 34.3 Å². The van der Waals surface area contributed by atoms with Gasteiger partial charge >= 0.3 is 0 Å². The molecule has 1 saturated carbocycles. The Kier molecular flexibility index (Phi) is 4.09. The normalized spacial score (nSPS) is 27.0. The molecule has 1 aromatic rings. The van der Waals surface area contributed by atoms with Crippen molar-refractivity contribution in [3.63, 3.8) is 0 Å². The van der Waals surface area contributed by atoms with Crippen molar-refractivity contribution in [3.05, 3.63) is 6.33 Å². The molecule has 1 heterocycles. The molecule has 1 aromatic heterocycles. The second-order valence-electron chi connectivity index (χ2n) is 5.41. The molecule has 0 spiro atoms. The molecule has 6 heteroatoms. The Balaban J connectivity index is 2.23. The summed E-state index contributed by atoms with van der Waals surface area (Å²) in [5.74, 6) is 1.47. The average Bonchev–Trinajstić information content (AvgIpc) is 2.41. The fraction of sp³-hybridized carbons (Fsp3) is 0.692. The molecule has 2 rings (SSSR count). The quantitative estimate of drug-likeness (QED) is 0.763. The first-order valence-corrected chi connectivity index (χ1v) is 6.64. The summed E-state index contributed by atoms with van der Waals surface area (Å²) in [7, 11) is 1.52. The third kappa shape index (κ3) is 2.89. The van der Waals surface area contributed by atoms with Gasteiger partial charge in [0.1, 0.15) is 12.0 Å². The molecule has 0 radical (unpaired) electrons. The van der Waals surface area contributed by atoms with Crippen molar-refractivity contribution in [2.75, 3.05) is 24.8 Å². The van der Waals surface area contributed by atoms with Crippen LogP contribution in [0, 0.1) is 5.92 Å². The van der Waals surface area contributed by atoms with E-state index in [2.05, 4.69) is 22.2 Å². The summed E-state index contributed by atoms with van der Waals surface area (Å²) in [6, 6.07) is 0. The summed E-state index contributed by atoms with van der Waals surface area (Å²) < 4.78 is 5.08. The summed E-state index contributed by atoms with van der Waals surface area (Å²) in [5, 5.41) is 13.1. The van der Waals surface area contributed by atoms with Gasteiger partial charge in [-0.25, -0.2) is 4.98 Å². The minimum absolute atomic E-state index is 0.0725. The van der Waals surface area contributed by atoms with E-state index in [-0.39, 0.29) is 12.1 Å². The van der Waals surface area contributed by atoms with Crippen molar-refractivity contribution < 1.29 is 9.84 Å². The largest absolute Gasteiger partial charge is 0.479 e. The van der Waals surface area contributed by atoms with Gasteiger partial charge < -0.3 is 20.9 Å². The summed E-state index contributed by atoms with van der Waals surface area (Å²) in [6.07, 6.45) is 5.53. The van der Waals surface area contributed by atoms with Gasteiger partial charge in [0, 0.05) is 0 Å². The lowest BCUT2D eigenvalue weighted by Gasteiger charge is -2.40. The van der Waals surface area contributed by atoms with Crippen LogP contribution in [0.25, 0.3) is 0 Å². The molecule has 6 nitrogen and oxygen atoms in total. The number of aliphatic hydroxyl groups excluding tert-OH is 1. The van der Waals surface area contributed by atoms with Crippen LogP contribution in [0.1, 0.15) is 32.6 Å². The maximum Gasteiger partial charge on any atom is 0.242 e. The van der Waals surface area contributed by atoms with Crippen molar-refractivity contribution in [1.29, 1.82) is 0 Å². The van der Waals surface area contributed by atoms with Gasteiger partial charge in [0.2, 0.25) is 5.88 Å². The first-order valence-electron chi connectivity index (χ1n) is 6.64. The third-order valence-electron chi connectivity index (χ3n) is 3.82. The van der Waals surface area contributed by atoms with Crippen LogP contribution in [0.5, 0.6) is 5.88 Å². The number of hydrogen-bond acceptors (Lipinski definition) is 6. The van der Waals surface area contributed by atoms with Crippen molar-refractivity contribution in [2.24, 2.45) is 5.92 Å². The van der Waals surface area contributed by atoms with E-state index in [9.17, 15) is 5.11 Å². The summed E-state index contributed by atoms with van der Waals surface area (Å²) in [6.45, 7) is 2.28. The predicted molar refractivity (Wildman–Crippen MR) is 74.1 cm³/mol. The summed E-state index contributed by atoms with van der Waals surface area (Å²) in [4.78, 5) is 8.11. The monoisotopic (exact) mass is 266 g/mol. The maximum atomic E-state index is 9.76. The van der Waals surface area contributed by atoms with Crippen LogP contribution < -0.4 is 15.8 Å². The molecule has 1 aliphatic rings. The Morgan fingerprint density at radius 1 is 1.58 bits per heavy atom. The van der Waals surface area contributed by atoms with Gasteiger partial charge in [-0.3, -0.25) is 0 Å². The summed E-state index contributed by atoms with van der Waals surface area (Å²) >= 11 is 0. The van der Waals surface area contributed by atoms with E-state index >= 15 is 0 Å². The molecule has 4 N–H and O–H groups in total. The molecule has 0 amide bonds. The van der Waals surface area contributed by atoms with Crippen molar-refractivity contribution >= 4 is 11.5 Å². The van der Waals surface area contributed by atoms with E-state index in [0.29, 0.717) is 23.3 Å². The van der Waals surface area contributed by atoms with Crippen LogP contribution in [0.4, 0.5) is 11.5 Å². The minimum atomic E-state index is -0.342. The highest BCUT2D eigenvalue weighted by Gasteiger charge is 2.35. The van der Waals surface area contributed by atoms with Gasteiger partial charge in [0.15, 0.2) is 5.82 Å². The van der Waals surface area contributed by atoms with Gasteiger partial charge in [-0.05, 0) is 18.8 Å². The molecule has 0 saturated heterocycles. The molecular formula is C13H22N4O2. The van der Waals surface area contributed by atoms with Crippen LogP contribution >= 0.6 is 0 Å². The molecule has 2 atom stereocenters. The van der Waals surface area contributed by atoms with E-state index in [1.165, 1.54) is 19.9 Å². The lowest BCUT2D eigenvalue weighted by atomic mass is 9.77. The molecule has 0 bridgehead atoms. The maximum absolute atomic E-state index is 9.76. The fourth-order valence-electron chi connectivity index (χ4n) is 2.85. The zero-order chi connectivity index (χ0) is 13.9. The highest BCUT2D eigenvalue weighted by molar-refractivity contribution is 5.67. The Bertz CT molecular complexity index is 441. The lowest BCUT2D eigenvalue weighted by Crippen LogP contribution is -2.46. The molecule has 1 aliphatic carbocycles. The van der Waals surface area contributed by atoms with Crippen molar-refractivity contribution in [1.82, 2.24) is 9.97 Å². The number of ether oxygens (including phenoxy) is 1. The van der Waals surface area contributed by atoms with Gasteiger partial charge in [0.25, 0.3) is 0 Å².